The van der Waals surface area contributed by atoms with Crippen molar-refractivity contribution in [3.05, 3.63) is 81.9 Å². The lowest BCUT2D eigenvalue weighted by Gasteiger charge is -2.23. The number of amides is 1. The van der Waals surface area contributed by atoms with Gasteiger partial charge in [0.05, 0.1) is 22.7 Å². The Kier molecular flexibility index (Phi) is 11.8. The van der Waals surface area contributed by atoms with E-state index in [0.717, 1.165) is 6.54 Å². The molecular weight excluding hydrogens is 494 g/mol. The Bertz CT molecular complexity index is 1160. The van der Waals surface area contributed by atoms with Crippen molar-refractivity contribution in [3.8, 4) is 0 Å². The zero-order valence-electron chi connectivity index (χ0n) is 21.0. The van der Waals surface area contributed by atoms with Crippen LogP contribution in [0.3, 0.4) is 0 Å². The molecular formula is C27H31N3O8. The van der Waals surface area contributed by atoms with Crippen molar-refractivity contribution in [1.82, 2.24) is 5.32 Å². The molecule has 1 aliphatic carbocycles. The predicted octanol–water partition coefficient (Wildman–Crippen LogP) is 3.67. The van der Waals surface area contributed by atoms with E-state index in [-0.39, 0.29) is 29.5 Å². The van der Waals surface area contributed by atoms with Gasteiger partial charge < -0.3 is 20.4 Å². The fourth-order valence-electron chi connectivity index (χ4n) is 4.03. The first-order valence-corrected chi connectivity index (χ1v) is 12.1. The summed E-state index contributed by atoms with van der Waals surface area (Å²) in [6.07, 6.45) is 7.27. The summed E-state index contributed by atoms with van der Waals surface area (Å²) in [5.41, 5.74) is 0.724. The first kappa shape index (κ1) is 29.8. The maximum absolute atomic E-state index is 13.0. The number of non-ortho nitro benzene ring substituents is 1. The lowest BCUT2D eigenvalue weighted by molar-refractivity contribution is -0.384. The van der Waals surface area contributed by atoms with Crippen LogP contribution in [0.4, 0.5) is 11.4 Å². The highest BCUT2D eigenvalue weighted by molar-refractivity contribution is 6.14. The normalized spacial score (nSPS) is 13.3. The molecule has 1 aliphatic rings. The molecule has 38 heavy (non-hydrogen) atoms. The van der Waals surface area contributed by atoms with E-state index in [9.17, 15) is 29.3 Å². The number of aliphatic carboxylic acids is 2. The van der Waals surface area contributed by atoms with E-state index < -0.39 is 16.9 Å². The Labute approximate surface area is 219 Å². The fourth-order valence-corrected chi connectivity index (χ4v) is 4.03. The average Bonchev–Trinajstić information content (AvgIpc) is 2.92. The molecule has 11 nitrogen and oxygen atoms in total. The minimum atomic E-state index is -1.26. The van der Waals surface area contributed by atoms with E-state index in [1.807, 2.05) is 0 Å². The standard InChI is InChI=1S/C23H27N3O4.C4H4O4/c1-25(22(27)16-24-15-17-8-4-2-5-9-17)21-13-12-19(26(29)30)14-20(21)23(28)18-10-6-3-7-11-18;5-3(6)1-2-4(7)8/h3,6-7,10-14,17,24H,2,4-5,8-9,15-16H2,1H3;1-2H,(H,5,6)(H,7,8)/b;2-1+. The van der Waals surface area contributed by atoms with Gasteiger partial charge in [0.2, 0.25) is 5.91 Å². The summed E-state index contributed by atoms with van der Waals surface area (Å²) in [6, 6.07) is 12.6. The second kappa shape index (κ2) is 15.0. The van der Waals surface area contributed by atoms with Crippen LogP contribution >= 0.6 is 0 Å². The Morgan fingerprint density at radius 2 is 1.61 bits per heavy atom. The summed E-state index contributed by atoms with van der Waals surface area (Å²) in [5, 5.41) is 30.1. The first-order valence-electron chi connectivity index (χ1n) is 12.1. The molecule has 0 atom stereocenters. The number of carboxylic acid groups (broad SMARTS) is 2. The maximum Gasteiger partial charge on any atom is 0.328 e. The number of nitro benzene ring substituents is 1. The number of nitrogens with zero attached hydrogens (tertiary/aromatic N) is 2. The molecule has 0 heterocycles. The van der Waals surface area contributed by atoms with Gasteiger partial charge in [-0.2, -0.15) is 0 Å². The van der Waals surface area contributed by atoms with E-state index in [1.165, 1.54) is 55.2 Å². The number of anilines is 1. The second-order valence-electron chi connectivity index (χ2n) is 8.75. The van der Waals surface area contributed by atoms with Crippen molar-refractivity contribution in [2.75, 3.05) is 25.0 Å². The summed E-state index contributed by atoms with van der Waals surface area (Å²) in [4.78, 5) is 56.9. The van der Waals surface area contributed by atoms with Crippen LogP contribution in [0.15, 0.2) is 60.7 Å². The first-order chi connectivity index (χ1) is 18.1. The number of carbonyl (C=O) groups excluding carboxylic acids is 2. The van der Waals surface area contributed by atoms with Gasteiger partial charge in [0, 0.05) is 36.9 Å². The molecule has 2 aromatic rings. The molecule has 2 aromatic carbocycles. The number of carbonyl (C=O) groups is 4. The van der Waals surface area contributed by atoms with Gasteiger partial charge >= 0.3 is 11.9 Å². The maximum atomic E-state index is 13.0. The van der Waals surface area contributed by atoms with Gasteiger partial charge in [-0.05, 0) is 31.4 Å². The van der Waals surface area contributed by atoms with Crippen LogP contribution in [0, 0.1) is 16.0 Å². The Hall–Kier alpha value is -4.38. The van der Waals surface area contributed by atoms with Crippen LogP contribution in [0.2, 0.25) is 0 Å². The van der Waals surface area contributed by atoms with E-state index >= 15 is 0 Å². The minimum Gasteiger partial charge on any atom is -0.478 e. The van der Waals surface area contributed by atoms with Gasteiger partial charge in [-0.25, -0.2) is 9.59 Å². The summed E-state index contributed by atoms with van der Waals surface area (Å²) in [6.45, 7) is 0.957. The molecule has 0 radical (unpaired) electrons. The smallest absolute Gasteiger partial charge is 0.328 e. The molecule has 0 bridgehead atoms. The van der Waals surface area contributed by atoms with Crippen molar-refractivity contribution in [3.63, 3.8) is 0 Å². The van der Waals surface area contributed by atoms with Crippen LogP contribution in [0.1, 0.15) is 48.0 Å². The molecule has 0 aromatic heterocycles. The van der Waals surface area contributed by atoms with Gasteiger partial charge in [-0.1, -0.05) is 49.6 Å². The van der Waals surface area contributed by atoms with Crippen molar-refractivity contribution in [1.29, 1.82) is 0 Å². The number of hydrogen-bond donors (Lipinski definition) is 3. The van der Waals surface area contributed by atoms with E-state index in [4.69, 9.17) is 10.2 Å². The van der Waals surface area contributed by atoms with Gasteiger partial charge in [-0.3, -0.25) is 19.7 Å². The van der Waals surface area contributed by atoms with Crippen LogP contribution in [0.25, 0.3) is 0 Å². The molecule has 3 N–H and O–H groups in total. The summed E-state index contributed by atoms with van der Waals surface area (Å²) < 4.78 is 0. The third kappa shape index (κ3) is 9.58. The Morgan fingerprint density at radius 1 is 1.00 bits per heavy atom. The quantitative estimate of drug-likeness (QED) is 0.181. The summed E-state index contributed by atoms with van der Waals surface area (Å²) >= 11 is 0. The number of carboxylic acids is 2. The van der Waals surface area contributed by atoms with Crippen molar-refractivity contribution < 1.29 is 34.3 Å². The lowest BCUT2D eigenvalue weighted by atomic mass is 9.89. The molecule has 3 rings (SSSR count). The molecule has 11 heteroatoms. The van der Waals surface area contributed by atoms with Crippen LogP contribution in [0.5, 0.6) is 0 Å². The lowest BCUT2D eigenvalue weighted by Crippen LogP contribution is -2.38. The highest BCUT2D eigenvalue weighted by atomic mass is 16.6. The summed E-state index contributed by atoms with van der Waals surface area (Å²) in [5.74, 6) is -2.46. The zero-order chi connectivity index (χ0) is 28.1. The summed E-state index contributed by atoms with van der Waals surface area (Å²) in [7, 11) is 1.59. The molecule has 0 unspecified atom stereocenters. The van der Waals surface area contributed by atoms with Crippen molar-refractivity contribution in [2.45, 2.75) is 32.1 Å². The number of rotatable bonds is 10. The predicted molar refractivity (Wildman–Crippen MR) is 140 cm³/mol. The third-order valence-electron chi connectivity index (χ3n) is 6.01. The molecule has 0 spiro atoms. The molecule has 202 valence electrons. The van der Waals surface area contributed by atoms with Gasteiger partial charge in [0.15, 0.2) is 5.78 Å². The highest BCUT2D eigenvalue weighted by Gasteiger charge is 2.23. The number of likely N-dealkylation sites (N-methyl/N-ethyl adjacent to an activating group) is 1. The highest BCUT2D eigenvalue weighted by Crippen LogP contribution is 2.27. The molecule has 1 amide bonds. The van der Waals surface area contributed by atoms with E-state index in [2.05, 4.69) is 5.32 Å². The molecule has 1 saturated carbocycles. The second-order valence-corrected chi connectivity index (χ2v) is 8.75. The number of benzene rings is 2. The number of nitrogens with one attached hydrogen (secondary N) is 1. The van der Waals surface area contributed by atoms with Crippen molar-refractivity contribution >= 4 is 35.0 Å². The van der Waals surface area contributed by atoms with Gasteiger partial charge in [0.25, 0.3) is 5.69 Å². The minimum absolute atomic E-state index is 0.138. The largest absolute Gasteiger partial charge is 0.478 e. The van der Waals surface area contributed by atoms with Crippen LogP contribution in [-0.4, -0.2) is 58.9 Å². The topological polar surface area (TPSA) is 167 Å². The van der Waals surface area contributed by atoms with Crippen molar-refractivity contribution in [2.24, 2.45) is 5.92 Å². The monoisotopic (exact) mass is 525 g/mol. The Balaban J connectivity index is 0.000000550. The van der Waals surface area contributed by atoms with E-state index in [1.54, 1.807) is 37.4 Å². The SMILES string of the molecule is CN(C(=O)CNCC1CCCCC1)c1ccc([N+](=O)[O-])cc1C(=O)c1ccccc1.O=C(O)/C=C/C(=O)O. The Morgan fingerprint density at radius 3 is 2.16 bits per heavy atom. The average molecular weight is 526 g/mol. The molecule has 0 aliphatic heterocycles. The number of nitro groups is 1. The molecule has 0 saturated heterocycles. The fraction of sp³-hybridized carbons (Fsp3) is 0.333. The molecule has 1 fully saturated rings. The van der Waals surface area contributed by atoms with E-state index in [0.29, 0.717) is 29.3 Å². The third-order valence-corrected chi connectivity index (χ3v) is 6.01. The van der Waals surface area contributed by atoms with Gasteiger partial charge in [-0.15, -0.1) is 0 Å². The number of ketones is 1. The zero-order valence-corrected chi connectivity index (χ0v) is 21.0. The van der Waals surface area contributed by atoms with Crippen LogP contribution < -0.4 is 10.2 Å². The van der Waals surface area contributed by atoms with Crippen LogP contribution in [-0.2, 0) is 14.4 Å². The number of hydrogen-bond acceptors (Lipinski definition) is 7. The van der Waals surface area contributed by atoms with Gasteiger partial charge in [0.1, 0.15) is 0 Å².